The van der Waals surface area contributed by atoms with E-state index in [1.54, 1.807) is 0 Å². The zero-order chi connectivity index (χ0) is 8.60. The van der Waals surface area contributed by atoms with Crippen LogP contribution in [0.25, 0.3) is 6.08 Å². The minimum absolute atomic E-state index is 0.0369. The smallest absolute Gasteiger partial charge is 0.114 e. The largest absolute Gasteiger partial charge is 0.365 e. The molecule has 62 valence electrons. The van der Waals surface area contributed by atoms with Crippen LogP contribution < -0.4 is 0 Å². The molecule has 1 nitrogen and oxygen atoms in total. The topological polar surface area (TPSA) is 12.5 Å². The van der Waals surface area contributed by atoms with E-state index in [1.807, 2.05) is 18.2 Å². The third-order valence-electron chi connectivity index (χ3n) is 2.33. The van der Waals surface area contributed by atoms with Gasteiger partial charge >= 0.3 is 0 Å². The number of hydrogen-bond acceptors (Lipinski definition) is 1. The summed E-state index contributed by atoms with van der Waals surface area (Å²) >= 11 is 0. The molecule has 1 saturated heterocycles. The van der Waals surface area contributed by atoms with Crippen molar-refractivity contribution >= 4 is 6.08 Å². The highest BCUT2D eigenvalue weighted by molar-refractivity contribution is 5.54. The SMILES string of the molecule is C=Cc1ccccc1C1(C)CO1. The monoisotopic (exact) mass is 160 g/mol. The Labute approximate surface area is 72.7 Å². The van der Waals surface area contributed by atoms with Crippen molar-refractivity contribution in [1.82, 2.24) is 0 Å². The number of ether oxygens (including phenoxy) is 1. The summed E-state index contributed by atoms with van der Waals surface area (Å²) in [6.07, 6.45) is 1.88. The minimum Gasteiger partial charge on any atom is -0.365 e. The van der Waals surface area contributed by atoms with Crippen LogP contribution in [-0.2, 0) is 10.3 Å². The lowest BCUT2D eigenvalue weighted by atomic mass is 9.96. The second-order valence-corrected chi connectivity index (χ2v) is 3.31. The van der Waals surface area contributed by atoms with Gasteiger partial charge in [-0.15, -0.1) is 0 Å². The number of rotatable bonds is 2. The van der Waals surface area contributed by atoms with Gasteiger partial charge in [-0.3, -0.25) is 0 Å². The van der Waals surface area contributed by atoms with Crippen LogP contribution in [0.4, 0.5) is 0 Å². The van der Waals surface area contributed by atoms with Crippen molar-refractivity contribution in [2.75, 3.05) is 6.61 Å². The zero-order valence-corrected chi connectivity index (χ0v) is 7.21. The van der Waals surface area contributed by atoms with Crippen LogP contribution in [0.2, 0.25) is 0 Å². The second kappa shape index (κ2) is 2.46. The van der Waals surface area contributed by atoms with Crippen molar-refractivity contribution in [3.8, 4) is 0 Å². The number of benzene rings is 1. The summed E-state index contributed by atoms with van der Waals surface area (Å²) in [6, 6.07) is 8.22. The quantitative estimate of drug-likeness (QED) is 0.606. The molecule has 1 aromatic rings. The van der Waals surface area contributed by atoms with E-state index in [2.05, 4.69) is 25.6 Å². The highest BCUT2D eigenvalue weighted by Gasteiger charge is 2.42. The van der Waals surface area contributed by atoms with Gasteiger partial charge in [-0.2, -0.15) is 0 Å². The second-order valence-electron chi connectivity index (χ2n) is 3.31. The third kappa shape index (κ3) is 1.07. The lowest BCUT2D eigenvalue weighted by Gasteiger charge is -2.08. The molecule has 1 heteroatoms. The van der Waals surface area contributed by atoms with Gasteiger partial charge < -0.3 is 4.74 Å². The summed E-state index contributed by atoms with van der Waals surface area (Å²) in [5.41, 5.74) is 2.39. The Kier molecular flexibility index (Phi) is 1.55. The van der Waals surface area contributed by atoms with E-state index in [0.717, 1.165) is 6.61 Å². The highest BCUT2D eigenvalue weighted by Crippen LogP contribution is 2.39. The molecule has 0 spiro atoms. The Morgan fingerprint density at radius 1 is 1.50 bits per heavy atom. The van der Waals surface area contributed by atoms with Gasteiger partial charge in [0, 0.05) is 0 Å². The van der Waals surface area contributed by atoms with E-state index in [-0.39, 0.29) is 5.60 Å². The van der Waals surface area contributed by atoms with E-state index in [1.165, 1.54) is 11.1 Å². The first-order valence-electron chi connectivity index (χ1n) is 4.12. The molecule has 0 amide bonds. The Morgan fingerprint density at radius 2 is 2.17 bits per heavy atom. The molecule has 0 N–H and O–H groups in total. The van der Waals surface area contributed by atoms with Gasteiger partial charge in [0.25, 0.3) is 0 Å². The van der Waals surface area contributed by atoms with Gasteiger partial charge in [-0.05, 0) is 18.1 Å². The van der Waals surface area contributed by atoms with E-state index in [9.17, 15) is 0 Å². The van der Waals surface area contributed by atoms with Crippen molar-refractivity contribution in [1.29, 1.82) is 0 Å². The minimum atomic E-state index is -0.0369. The molecule has 0 aromatic heterocycles. The fourth-order valence-corrected chi connectivity index (χ4v) is 1.42. The van der Waals surface area contributed by atoms with Crippen LogP contribution in [0.3, 0.4) is 0 Å². The highest BCUT2D eigenvalue weighted by atomic mass is 16.6. The van der Waals surface area contributed by atoms with Gasteiger partial charge in [0.05, 0.1) is 6.61 Å². The molecule has 1 fully saturated rings. The van der Waals surface area contributed by atoms with Crippen LogP contribution in [-0.4, -0.2) is 6.61 Å². The maximum Gasteiger partial charge on any atom is 0.114 e. The van der Waals surface area contributed by atoms with Crippen molar-refractivity contribution in [2.24, 2.45) is 0 Å². The Hall–Kier alpha value is -1.08. The molecular formula is C11H12O. The molecule has 1 aliphatic heterocycles. The zero-order valence-electron chi connectivity index (χ0n) is 7.21. The van der Waals surface area contributed by atoms with Gasteiger partial charge in [0.2, 0.25) is 0 Å². The fourth-order valence-electron chi connectivity index (χ4n) is 1.42. The number of epoxide rings is 1. The van der Waals surface area contributed by atoms with Gasteiger partial charge in [-0.25, -0.2) is 0 Å². The molecule has 1 atom stereocenters. The van der Waals surface area contributed by atoms with Gasteiger partial charge in [-0.1, -0.05) is 36.9 Å². The molecule has 1 aromatic carbocycles. The molecule has 0 saturated carbocycles. The molecule has 0 bridgehead atoms. The van der Waals surface area contributed by atoms with Crippen LogP contribution >= 0.6 is 0 Å². The van der Waals surface area contributed by atoms with Crippen LogP contribution in [0.5, 0.6) is 0 Å². The van der Waals surface area contributed by atoms with Gasteiger partial charge in [0.15, 0.2) is 0 Å². The van der Waals surface area contributed by atoms with Crippen LogP contribution in [0, 0.1) is 0 Å². The summed E-state index contributed by atoms with van der Waals surface area (Å²) in [7, 11) is 0. The average molecular weight is 160 g/mol. The summed E-state index contributed by atoms with van der Waals surface area (Å²) in [5.74, 6) is 0. The predicted molar refractivity (Wildman–Crippen MR) is 49.8 cm³/mol. The number of hydrogen-bond donors (Lipinski definition) is 0. The lowest BCUT2D eigenvalue weighted by molar-refractivity contribution is 0.329. The van der Waals surface area contributed by atoms with Crippen molar-refractivity contribution in [3.63, 3.8) is 0 Å². The Morgan fingerprint density at radius 3 is 2.75 bits per heavy atom. The third-order valence-corrected chi connectivity index (χ3v) is 2.33. The predicted octanol–water partition coefficient (Wildman–Crippen LogP) is 2.58. The lowest BCUT2D eigenvalue weighted by Crippen LogP contribution is -2.03. The maximum absolute atomic E-state index is 5.38. The first kappa shape index (κ1) is 7.56. The summed E-state index contributed by atoms with van der Waals surface area (Å²) in [6.45, 7) is 6.72. The summed E-state index contributed by atoms with van der Waals surface area (Å²) < 4.78 is 5.38. The first-order valence-corrected chi connectivity index (χ1v) is 4.12. The molecule has 1 unspecified atom stereocenters. The van der Waals surface area contributed by atoms with E-state index in [4.69, 9.17) is 4.74 Å². The Bertz CT molecular complexity index is 311. The molecule has 0 aliphatic carbocycles. The van der Waals surface area contributed by atoms with Crippen molar-refractivity contribution in [3.05, 3.63) is 42.0 Å². The van der Waals surface area contributed by atoms with Crippen molar-refractivity contribution in [2.45, 2.75) is 12.5 Å². The Balaban J connectivity index is 2.48. The first-order chi connectivity index (χ1) is 5.76. The molecule has 2 rings (SSSR count). The molecule has 1 aliphatic rings. The maximum atomic E-state index is 5.38. The standard InChI is InChI=1S/C11H12O/c1-3-9-6-4-5-7-10(9)11(2)8-12-11/h3-7H,1,8H2,2H3. The fraction of sp³-hybridized carbons (Fsp3) is 0.273. The molecule has 12 heavy (non-hydrogen) atoms. The van der Waals surface area contributed by atoms with Crippen molar-refractivity contribution < 1.29 is 4.74 Å². The summed E-state index contributed by atoms with van der Waals surface area (Å²) in [5, 5.41) is 0. The van der Waals surface area contributed by atoms with Gasteiger partial charge in [0.1, 0.15) is 5.60 Å². The van der Waals surface area contributed by atoms with E-state index >= 15 is 0 Å². The summed E-state index contributed by atoms with van der Waals surface area (Å²) in [4.78, 5) is 0. The van der Waals surface area contributed by atoms with E-state index < -0.39 is 0 Å². The average Bonchev–Trinajstić information content (AvgIpc) is 2.85. The molecule has 1 heterocycles. The van der Waals surface area contributed by atoms with E-state index in [0.29, 0.717) is 0 Å². The van der Waals surface area contributed by atoms with Crippen LogP contribution in [0.1, 0.15) is 18.1 Å². The van der Waals surface area contributed by atoms with Crippen LogP contribution in [0.15, 0.2) is 30.8 Å². The molecule has 0 radical (unpaired) electrons. The molecular weight excluding hydrogens is 148 g/mol. The normalized spacial score (nSPS) is 26.8.